The number of aliphatic hydroxyl groups excluding tert-OH is 2. The summed E-state index contributed by atoms with van der Waals surface area (Å²) in [4.78, 5) is 22.3. The Morgan fingerprint density at radius 2 is 2.40 bits per heavy atom. The van der Waals surface area contributed by atoms with Crippen LogP contribution in [0.1, 0.15) is 6.92 Å². The number of amides is 1. The molecule has 1 heterocycles. The maximum atomic E-state index is 11.5. The van der Waals surface area contributed by atoms with Crippen molar-refractivity contribution in [2.75, 3.05) is 6.61 Å². The summed E-state index contributed by atoms with van der Waals surface area (Å²) in [5, 5.41) is 21.0. The molecule has 82 valence electrons. The van der Waals surface area contributed by atoms with Gasteiger partial charge in [0.25, 0.3) is 0 Å². The summed E-state index contributed by atoms with van der Waals surface area (Å²) >= 11 is 0. The Morgan fingerprint density at radius 3 is 2.93 bits per heavy atom. The van der Waals surface area contributed by atoms with Gasteiger partial charge in [-0.3, -0.25) is 9.59 Å². The van der Waals surface area contributed by atoms with Gasteiger partial charge in [0.2, 0.25) is 5.91 Å². The van der Waals surface area contributed by atoms with E-state index in [9.17, 15) is 14.7 Å². The molecule has 1 amide bonds. The van der Waals surface area contributed by atoms with Crippen molar-refractivity contribution in [1.82, 2.24) is 5.32 Å². The number of carbonyl (C=O) groups is 2. The highest BCUT2D eigenvalue weighted by atomic mass is 16.6. The van der Waals surface area contributed by atoms with Gasteiger partial charge in [-0.05, 0) is 0 Å². The number of hydrogen-bond donors (Lipinski definition) is 3. The number of epoxide rings is 1. The molecule has 15 heavy (non-hydrogen) atoms. The average Bonchev–Trinajstić information content (AvgIpc) is 2.89. The topological polar surface area (TPSA) is 99.2 Å². The van der Waals surface area contributed by atoms with Crippen molar-refractivity contribution >= 4 is 11.7 Å². The van der Waals surface area contributed by atoms with Crippen LogP contribution in [0, 0.1) is 0 Å². The van der Waals surface area contributed by atoms with E-state index in [4.69, 9.17) is 9.84 Å². The van der Waals surface area contributed by atoms with E-state index < -0.39 is 30.2 Å². The van der Waals surface area contributed by atoms with Crippen LogP contribution in [0.3, 0.4) is 0 Å². The molecule has 3 atom stereocenters. The summed E-state index contributed by atoms with van der Waals surface area (Å²) in [5.41, 5.74) is -1.15. The number of carbonyl (C=O) groups excluding carboxylic acids is 2. The normalized spacial score (nSPS) is 38.1. The molecule has 0 aromatic heterocycles. The molecular formula is C9H11NO5. The lowest BCUT2D eigenvalue weighted by atomic mass is 9.90. The molecule has 2 aliphatic rings. The van der Waals surface area contributed by atoms with Gasteiger partial charge in [-0.25, -0.2) is 0 Å². The molecule has 0 radical (unpaired) electrons. The van der Waals surface area contributed by atoms with Gasteiger partial charge in [-0.1, -0.05) is 0 Å². The van der Waals surface area contributed by atoms with Gasteiger partial charge in [0.15, 0.2) is 11.4 Å². The molecule has 1 fully saturated rings. The van der Waals surface area contributed by atoms with Crippen LogP contribution in [0.5, 0.6) is 0 Å². The highest BCUT2D eigenvalue weighted by molar-refractivity contribution is 6.02. The van der Waals surface area contributed by atoms with Crippen molar-refractivity contribution in [3.8, 4) is 0 Å². The first-order valence-corrected chi connectivity index (χ1v) is 4.51. The van der Waals surface area contributed by atoms with Gasteiger partial charge >= 0.3 is 0 Å². The van der Waals surface area contributed by atoms with Crippen LogP contribution in [0.25, 0.3) is 0 Å². The first-order chi connectivity index (χ1) is 7.01. The Morgan fingerprint density at radius 1 is 1.73 bits per heavy atom. The Kier molecular flexibility index (Phi) is 2.14. The molecule has 0 aromatic rings. The minimum Gasteiger partial charge on any atom is -0.393 e. The first-order valence-electron chi connectivity index (χ1n) is 4.51. The fourth-order valence-electron chi connectivity index (χ4n) is 1.74. The number of rotatable bonds is 2. The summed E-state index contributed by atoms with van der Waals surface area (Å²) in [6, 6.07) is 0. The summed E-state index contributed by atoms with van der Waals surface area (Å²) < 4.78 is 5.00. The van der Waals surface area contributed by atoms with E-state index in [0.29, 0.717) is 0 Å². The molecule has 1 aliphatic carbocycles. The molecule has 1 saturated heterocycles. The lowest BCUT2D eigenvalue weighted by Crippen LogP contribution is -2.43. The van der Waals surface area contributed by atoms with Gasteiger partial charge in [0.05, 0.1) is 12.3 Å². The van der Waals surface area contributed by atoms with E-state index in [1.807, 2.05) is 0 Å². The zero-order valence-electron chi connectivity index (χ0n) is 8.06. The van der Waals surface area contributed by atoms with Crippen LogP contribution in [0.15, 0.2) is 11.8 Å². The van der Waals surface area contributed by atoms with Crippen LogP contribution in [0.2, 0.25) is 0 Å². The van der Waals surface area contributed by atoms with Crippen LogP contribution >= 0.6 is 0 Å². The maximum Gasteiger partial charge on any atom is 0.221 e. The Hall–Kier alpha value is -1.24. The molecular weight excluding hydrogens is 202 g/mol. The second kappa shape index (κ2) is 3.13. The van der Waals surface area contributed by atoms with Gasteiger partial charge in [-0.2, -0.15) is 0 Å². The number of ketones is 1. The molecule has 6 heteroatoms. The largest absolute Gasteiger partial charge is 0.393 e. The predicted octanol–water partition coefficient (Wildman–Crippen LogP) is -1.92. The van der Waals surface area contributed by atoms with Gasteiger partial charge in [0, 0.05) is 13.0 Å². The van der Waals surface area contributed by atoms with Gasteiger partial charge < -0.3 is 20.3 Å². The standard InChI is InChI=1S/C9H11NO5/c1-4(12)10-5-2-6(13)9(3-11)8(15-9)7(5)14/h2,7-8,11,14H,3H2,1H3,(H,10,12). The molecule has 0 aromatic carbocycles. The summed E-state index contributed by atoms with van der Waals surface area (Å²) in [7, 11) is 0. The predicted molar refractivity (Wildman–Crippen MR) is 47.6 cm³/mol. The quantitative estimate of drug-likeness (QED) is 0.464. The highest BCUT2D eigenvalue weighted by Crippen LogP contribution is 2.44. The van der Waals surface area contributed by atoms with Crippen molar-refractivity contribution in [3.63, 3.8) is 0 Å². The third-order valence-corrected chi connectivity index (χ3v) is 2.60. The van der Waals surface area contributed by atoms with Crippen LogP contribution < -0.4 is 5.32 Å². The number of hydrogen-bond acceptors (Lipinski definition) is 5. The fraction of sp³-hybridized carbons (Fsp3) is 0.556. The minimum absolute atomic E-state index is 0.124. The second-order valence-corrected chi connectivity index (χ2v) is 3.68. The summed E-state index contributed by atoms with van der Waals surface area (Å²) in [5.74, 6) is -0.797. The van der Waals surface area contributed by atoms with Crippen molar-refractivity contribution in [2.24, 2.45) is 0 Å². The van der Waals surface area contributed by atoms with Crippen LogP contribution in [-0.2, 0) is 14.3 Å². The van der Waals surface area contributed by atoms with Crippen molar-refractivity contribution in [2.45, 2.75) is 24.7 Å². The summed E-state index contributed by atoms with van der Waals surface area (Å²) in [6.07, 6.45) is -0.716. The third-order valence-electron chi connectivity index (χ3n) is 2.60. The number of ether oxygens (including phenoxy) is 1. The zero-order chi connectivity index (χ0) is 11.2. The first kappa shape index (κ1) is 10.3. The van der Waals surface area contributed by atoms with Gasteiger partial charge in [-0.15, -0.1) is 0 Å². The fourth-order valence-corrected chi connectivity index (χ4v) is 1.74. The van der Waals surface area contributed by atoms with E-state index in [0.717, 1.165) is 6.08 Å². The molecule has 3 unspecified atom stereocenters. The third kappa shape index (κ3) is 1.38. The molecule has 3 N–H and O–H groups in total. The Labute approximate surface area is 85.5 Å². The SMILES string of the molecule is CC(=O)NC1=CC(=O)C2(CO)OC2C1O. The van der Waals surface area contributed by atoms with Crippen LogP contribution in [0.4, 0.5) is 0 Å². The molecule has 0 bridgehead atoms. The zero-order valence-corrected chi connectivity index (χ0v) is 8.06. The van der Waals surface area contributed by atoms with Crippen molar-refractivity contribution < 1.29 is 24.5 Å². The van der Waals surface area contributed by atoms with Crippen molar-refractivity contribution in [1.29, 1.82) is 0 Å². The van der Waals surface area contributed by atoms with E-state index in [2.05, 4.69) is 5.32 Å². The Balaban J connectivity index is 2.23. The van der Waals surface area contributed by atoms with E-state index in [-0.39, 0.29) is 11.6 Å². The molecule has 0 saturated carbocycles. The number of fused-ring (bicyclic) bond motifs is 1. The van der Waals surface area contributed by atoms with Gasteiger partial charge in [0.1, 0.15) is 12.2 Å². The molecule has 0 spiro atoms. The lowest BCUT2D eigenvalue weighted by molar-refractivity contribution is -0.121. The maximum absolute atomic E-state index is 11.5. The van der Waals surface area contributed by atoms with Crippen molar-refractivity contribution in [3.05, 3.63) is 11.8 Å². The molecule has 6 nitrogen and oxygen atoms in total. The smallest absolute Gasteiger partial charge is 0.221 e. The van der Waals surface area contributed by atoms with E-state index >= 15 is 0 Å². The minimum atomic E-state index is -1.28. The molecule has 1 aliphatic heterocycles. The lowest BCUT2D eigenvalue weighted by Gasteiger charge is -2.19. The van der Waals surface area contributed by atoms with Crippen LogP contribution in [-0.4, -0.2) is 46.3 Å². The summed E-state index contributed by atoms with van der Waals surface area (Å²) in [6.45, 7) is 0.817. The Bertz CT molecular complexity index is 364. The second-order valence-electron chi connectivity index (χ2n) is 3.68. The van der Waals surface area contributed by atoms with E-state index in [1.165, 1.54) is 6.92 Å². The van der Waals surface area contributed by atoms with E-state index in [1.54, 1.807) is 0 Å². The average molecular weight is 213 g/mol. The molecule has 2 rings (SSSR count). The number of nitrogens with one attached hydrogen (secondary N) is 1. The number of aliphatic hydroxyl groups is 2. The highest BCUT2D eigenvalue weighted by Gasteiger charge is 2.67. The monoisotopic (exact) mass is 213 g/mol.